The molecule has 1 aromatic heterocycles. The predicted octanol–water partition coefficient (Wildman–Crippen LogP) is 2.29. The van der Waals surface area contributed by atoms with E-state index in [9.17, 15) is 4.79 Å². The molecule has 2 aromatic rings. The fourth-order valence-electron chi connectivity index (χ4n) is 4.14. The molecule has 4 rings (SSSR count). The van der Waals surface area contributed by atoms with Crippen molar-refractivity contribution >= 4 is 5.91 Å². The maximum atomic E-state index is 12.8. The number of carbonyl (C=O) groups excluding carboxylic acids is 1. The molecule has 2 aliphatic rings. The maximum Gasteiger partial charge on any atom is 0.226 e. The van der Waals surface area contributed by atoms with E-state index in [1.807, 2.05) is 16.8 Å². The molecule has 2 aliphatic heterocycles. The molecule has 0 unspecified atom stereocenters. The molecule has 1 fully saturated rings. The van der Waals surface area contributed by atoms with Crippen LogP contribution in [0.3, 0.4) is 0 Å². The Morgan fingerprint density at radius 3 is 3.17 bits per heavy atom. The zero-order valence-electron chi connectivity index (χ0n) is 16.9. The smallest absolute Gasteiger partial charge is 0.226 e. The van der Waals surface area contributed by atoms with Gasteiger partial charge in [-0.3, -0.25) is 9.48 Å². The van der Waals surface area contributed by atoms with Crippen molar-refractivity contribution < 1.29 is 19.0 Å². The molecular weight excluding hydrogens is 370 g/mol. The monoisotopic (exact) mass is 399 g/mol. The molecule has 156 valence electrons. The van der Waals surface area contributed by atoms with Gasteiger partial charge in [-0.05, 0) is 42.5 Å². The minimum atomic E-state index is -0.239. The zero-order chi connectivity index (χ0) is 20.1. The third-order valence-electron chi connectivity index (χ3n) is 5.65. The fourth-order valence-corrected chi connectivity index (χ4v) is 4.14. The highest BCUT2D eigenvalue weighted by Crippen LogP contribution is 2.34. The second kappa shape index (κ2) is 9.41. The van der Waals surface area contributed by atoms with Crippen molar-refractivity contribution in [1.29, 1.82) is 0 Å². The van der Waals surface area contributed by atoms with Gasteiger partial charge in [-0.15, -0.1) is 0 Å². The summed E-state index contributed by atoms with van der Waals surface area (Å²) in [5.41, 5.74) is 3.46. The van der Waals surface area contributed by atoms with Crippen molar-refractivity contribution in [3.63, 3.8) is 0 Å². The van der Waals surface area contributed by atoms with Gasteiger partial charge < -0.3 is 19.5 Å². The third-order valence-corrected chi connectivity index (χ3v) is 5.65. The van der Waals surface area contributed by atoms with Crippen LogP contribution >= 0.6 is 0 Å². The summed E-state index contributed by atoms with van der Waals surface area (Å²) in [7, 11) is 1.70. The molecular formula is C22H29N3O4. The number of nitrogens with one attached hydrogen (secondary N) is 1. The van der Waals surface area contributed by atoms with Crippen molar-refractivity contribution in [2.24, 2.45) is 5.92 Å². The lowest BCUT2D eigenvalue weighted by Gasteiger charge is -2.19. The summed E-state index contributed by atoms with van der Waals surface area (Å²) in [5.74, 6) is 0.869. The number of hydrogen-bond acceptors (Lipinski definition) is 5. The first-order valence-electron chi connectivity index (χ1n) is 10.4. The topological polar surface area (TPSA) is 74.6 Å². The standard InChI is InChI=1S/C22H29N3O4/c1-27-12-2-11-25-19(6-10-24-25)21-18(8-14-29-21)22(26)23-9-5-16-3-4-20-17(15-16)7-13-28-20/h3-4,6,10,15,18,21H,2,5,7-9,11-14H2,1H3,(H,23,26)/t18-,21-/m0/s1. The van der Waals surface area contributed by atoms with E-state index in [2.05, 4.69) is 22.5 Å². The van der Waals surface area contributed by atoms with Crippen LogP contribution in [0.5, 0.6) is 5.75 Å². The number of hydrogen-bond donors (Lipinski definition) is 1. The number of rotatable bonds is 9. The van der Waals surface area contributed by atoms with Crippen LogP contribution in [-0.4, -0.2) is 49.2 Å². The lowest BCUT2D eigenvalue weighted by Crippen LogP contribution is -2.34. The SMILES string of the molecule is COCCCn1nccc1[C@H]1OCC[C@@H]1C(=O)NCCc1ccc2c(c1)CCO2. The fraction of sp³-hybridized carbons (Fsp3) is 0.545. The molecule has 3 heterocycles. The van der Waals surface area contributed by atoms with Crippen LogP contribution < -0.4 is 10.1 Å². The lowest BCUT2D eigenvalue weighted by atomic mass is 9.97. The lowest BCUT2D eigenvalue weighted by molar-refractivity contribution is -0.126. The molecule has 0 bridgehead atoms. The van der Waals surface area contributed by atoms with Gasteiger partial charge in [0.25, 0.3) is 0 Å². The van der Waals surface area contributed by atoms with Gasteiger partial charge in [-0.2, -0.15) is 5.10 Å². The minimum absolute atomic E-state index is 0.0571. The summed E-state index contributed by atoms with van der Waals surface area (Å²) in [5, 5.41) is 7.50. The van der Waals surface area contributed by atoms with Crippen LogP contribution in [0.2, 0.25) is 0 Å². The van der Waals surface area contributed by atoms with Gasteiger partial charge in [0.15, 0.2) is 0 Å². The number of amides is 1. The Hall–Kier alpha value is -2.38. The molecule has 0 aliphatic carbocycles. The minimum Gasteiger partial charge on any atom is -0.493 e. The first-order chi connectivity index (χ1) is 14.3. The van der Waals surface area contributed by atoms with Gasteiger partial charge in [-0.1, -0.05) is 12.1 Å². The number of ether oxygens (including phenoxy) is 3. The summed E-state index contributed by atoms with van der Waals surface area (Å²) in [6.45, 7) is 3.42. The van der Waals surface area contributed by atoms with Crippen LogP contribution in [0.4, 0.5) is 0 Å². The Labute approximate surface area is 171 Å². The van der Waals surface area contributed by atoms with Crippen molar-refractivity contribution in [3.8, 4) is 5.75 Å². The molecule has 1 amide bonds. The van der Waals surface area contributed by atoms with Crippen molar-refractivity contribution in [1.82, 2.24) is 15.1 Å². The zero-order valence-corrected chi connectivity index (χ0v) is 16.9. The van der Waals surface area contributed by atoms with Gasteiger partial charge in [-0.25, -0.2) is 0 Å². The van der Waals surface area contributed by atoms with Crippen LogP contribution in [0.15, 0.2) is 30.5 Å². The summed E-state index contributed by atoms with van der Waals surface area (Å²) < 4.78 is 18.5. The molecule has 29 heavy (non-hydrogen) atoms. The number of aryl methyl sites for hydroxylation is 1. The summed E-state index contributed by atoms with van der Waals surface area (Å²) >= 11 is 0. The highest BCUT2D eigenvalue weighted by molar-refractivity contribution is 5.79. The molecule has 7 nitrogen and oxygen atoms in total. The Kier molecular flexibility index (Phi) is 6.46. The number of benzene rings is 1. The molecule has 1 N–H and O–H groups in total. The number of carbonyl (C=O) groups is 1. The van der Waals surface area contributed by atoms with E-state index >= 15 is 0 Å². The summed E-state index contributed by atoms with van der Waals surface area (Å²) in [6, 6.07) is 8.26. The van der Waals surface area contributed by atoms with Gasteiger partial charge in [0.05, 0.1) is 18.2 Å². The normalized spacial score (nSPS) is 20.4. The van der Waals surface area contributed by atoms with E-state index < -0.39 is 0 Å². The Bertz CT molecular complexity index is 835. The molecule has 1 aromatic carbocycles. The highest BCUT2D eigenvalue weighted by Gasteiger charge is 2.36. The van der Waals surface area contributed by atoms with Gasteiger partial charge in [0.2, 0.25) is 5.91 Å². The number of aromatic nitrogens is 2. The van der Waals surface area contributed by atoms with E-state index in [0.29, 0.717) is 19.8 Å². The van der Waals surface area contributed by atoms with E-state index in [4.69, 9.17) is 14.2 Å². The largest absolute Gasteiger partial charge is 0.493 e. The van der Waals surface area contributed by atoms with Crippen LogP contribution in [-0.2, 0) is 33.7 Å². The Balaban J connectivity index is 1.32. The van der Waals surface area contributed by atoms with E-state index in [-0.39, 0.29) is 17.9 Å². The van der Waals surface area contributed by atoms with Crippen LogP contribution in [0.1, 0.15) is 35.8 Å². The van der Waals surface area contributed by atoms with Gasteiger partial charge in [0, 0.05) is 46.0 Å². The summed E-state index contributed by atoms with van der Waals surface area (Å²) in [4.78, 5) is 12.8. The van der Waals surface area contributed by atoms with Crippen molar-refractivity contribution in [2.45, 2.75) is 38.3 Å². The van der Waals surface area contributed by atoms with Crippen molar-refractivity contribution in [2.75, 3.05) is 33.5 Å². The van der Waals surface area contributed by atoms with E-state index in [1.165, 1.54) is 11.1 Å². The molecule has 0 saturated carbocycles. The average molecular weight is 399 g/mol. The Morgan fingerprint density at radius 1 is 1.34 bits per heavy atom. The second-order valence-corrected chi connectivity index (χ2v) is 7.59. The van der Waals surface area contributed by atoms with Crippen molar-refractivity contribution in [3.05, 3.63) is 47.3 Å². The van der Waals surface area contributed by atoms with E-state index in [0.717, 1.165) is 50.3 Å². The van der Waals surface area contributed by atoms with Crippen LogP contribution in [0, 0.1) is 5.92 Å². The number of nitrogens with zero attached hydrogens (tertiary/aromatic N) is 2. The predicted molar refractivity (Wildman–Crippen MR) is 108 cm³/mol. The summed E-state index contributed by atoms with van der Waals surface area (Å²) in [6.07, 6.45) is 4.92. The first-order valence-corrected chi connectivity index (χ1v) is 10.4. The third kappa shape index (κ3) is 4.62. The quantitative estimate of drug-likeness (QED) is 0.655. The molecule has 2 atom stereocenters. The maximum absolute atomic E-state index is 12.8. The molecule has 0 spiro atoms. The Morgan fingerprint density at radius 2 is 2.28 bits per heavy atom. The first kappa shape index (κ1) is 19.9. The number of methoxy groups -OCH3 is 1. The highest BCUT2D eigenvalue weighted by atomic mass is 16.5. The molecule has 1 saturated heterocycles. The molecule has 0 radical (unpaired) electrons. The second-order valence-electron chi connectivity index (χ2n) is 7.59. The van der Waals surface area contributed by atoms with E-state index in [1.54, 1.807) is 13.3 Å². The average Bonchev–Trinajstić information content (AvgIpc) is 3.47. The number of fused-ring (bicyclic) bond motifs is 1. The van der Waals surface area contributed by atoms with Gasteiger partial charge in [0.1, 0.15) is 11.9 Å². The van der Waals surface area contributed by atoms with Gasteiger partial charge >= 0.3 is 0 Å². The molecule has 7 heteroatoms. The van der Waals surface area contributed by atoms with Crippen LogP contribution in [0.25, 0.3) is 0 Å².